The third kappa shape index (κ3) is 2.80. The summed E-state index contributed by atoms with van der Waals surface area (Å²) in [5.41, 5.74) is 1.80. The lowest BCUT2D eigenvalue weighted by Gasteiger charge is -2.22. The van der Waals surface area contributed by atoms with Crippen molar-refractivity contribution in [2.24, 2.45) is 0 Å². The van der Waals surface area contributed by atoms with Crippen LogP contribution in [-0.2, 0) is 6.54 Å². The largest absolute Gasteiger partial charge is 0.439 e. The smallest absolute Gasteiger partial charge is 0.209 e. The highest BCUT2D eigenvalue weighted by Crippen LogP contribution is 2.24. The zero-order valence-corrected chi connectivity index (χ0v) is 11.1. The van der Waals surface area contributed by atoms with E-state index in [0.717, 1.165) is 42.9 Å². The van der Waals surface area contributed by atoms with Crippen LogP contribution in [0.1, 0.15) is 31.6 Å². The molecule has 2 heterocycles. The van der Waals surface area contributed by atoms with Crippen molar-refractivity contribution in [3.8, 4) is 0 Å². The summed E-state index contributed by atoms with van der Waals surface area (Å²) in [5.74, 6) is 0.803. The van der Waals surface area contributed by atoms with Gasteiger partial charge in [-0.05, 0) is 44.4 Å². The number of rotatable bonds is 5. The maximum atomic E-state index is 8.95. The van der Waals surface area contributed by atoms with E-state index < -0.39 is 0 Å². The first-order valence-electron chi connectivity index (χ1n) is 7.06. The zero-order chi connectivity index (χ0) is 13.1. The van der Waals surface area contributed by atoms with E-state index in [9.17, 15) is 0 Å². The lowest BCUT2D eigenvalue weighted by atomic mass is 10.1. The maximum Gasteiger partial charge on any atom is 0.209 e. The fraction of sp³-hybridized carbons (Fsp3) is 0.533. The van der Waals surface area contributed by atoms with Crippen molar-refractivity contribution in [3.63, 3.8) is 0 Å². The number of para-hydroxylation sites is 2. The van der Waals surface area contributed by atoms with Gasteiger partial charge in [0.15, 0.2) is 5.58 Å². The topological polar surface area (TPSA) is 49.5 Å². The molecule has 3 rings (SSSR count). The Morgan fingerprint density at radius 2 is 2.26 bits per heavy atom. The van der Waals surface area contributed by atoms with Crippen LogP contribution in [0.15, 0.2) is 28.7 Å². The number of likely N-dealkylation sites (tertiary alicyclic amines) is 1. The Balaban J connectivity index is 1.69. The van der Waals surface area contributed by atoms with Crippen LogP contribution in [0.4, 0.5) is 0 Å². The average Bonchev–Trinajstić information content (AvgIpc) is 3.02. The Kier molecular flexibility index (Phi) is 3.80. The van der Waals surface area contributed by atoms with Crippen LogP contribution in [0.5, 0.6) is 0 Å². The molecule has 0 saturated carbocycles. The van der Waals surface area contributed by atoms with Gasteiger partial charge in [0.2, 0.25) is 5.89 Å². The molecule has 1 fully saturated rings. The summed E-state index contributed by atoms with van der Waals surface area (Å²) >= 11 is 0. The summed E-state index contributed by atoms with van der Waals surface area (Å²) in [6.45, 7) is 2.17. The first-order valence-corrected chi connectivity index (χ1v) is 7.06. The SMILES string of the molecule is OCCCC1CCCN1Cc1nc2ccccc2o1. The van der Waals surface area contributed by atoms with Crippen molar-refractivity contribution in [3.05, 3.63) is 30.2 Å². The van der Waals surface area contributed by atoms with Gasteiger partial charge in [-0.1, -0.05) is 12.1 Å². The van der Waals surface area contributed by atoms with E-state index in [1.807, 2.05) is 24.3 Å². The number of fused-ring (bicyclic) bond motifs is 1. The van der Waals surface area contributed by atoms with Gasteiger partial charge >= 0.3 is 0 Å². The van der Waals surface area contributed by atoms with Gasteiger partial charge in [0, 0.05) is 12.6 Å². The van der Waals surface area contributed by atoms with Gasteiger partial charge < -0.3 is 9.52 Å². The van der Waals surface area contributed by atoms with Crippen LogP contribution in [0.25, 0.3) is 11.1 Å². The second kappa shape index (κ2) is 5.72. The molecule has 0 bridgehead atoms. The molecule has 0 spiro atoms. The Labute approximate surface area is 113 Å². The molecule has 1 atom stereocenters. The van der Waals surface area contributed by atoms with Crippen molar-refractivity contribution < 1.29 is 9.52 Å². The van der Waals surface area contributed by atoms with Gasteiger partial charge in [-0.15, -0.1) is 0 Å². The van der Waals surface area contributed by atoms with E-state index >= 15 is 0 Å². The predicted molar refractivity (Wildman–Crippen MR) is 73.8 cm³/mol. The molecule has 1 saturated heterocycles. The molecule has 1 aromatic heterocycles. The molecule has 0 radical (unpaired) electrons. The summed E-state index contributed by atoms with van der Waals surface area (Å²) in [4.78, 5) is 6.96. The third-order valence-electron chi connectivity index (χ3n) is 3.87. The predicted octanol–water partition coefficient (Wildman–Crippen LogP) is 2.56. The Hall–Kier alpha value is -1.39. The zero-order valence-electron chi connectivity index (χ0n) is 11.1. The molecule has 102 valence electrons. The van der Waals surface area contributed by atoms with Crippen molar-refractivity contribution in [2.75, 3.05) is 13.2 Å². The molecule has 1 aliphatic rings. The first-order chi connectivity index (χ1) is 9.36. The van der Waals surface area contributed by atoms with Crippen molar-refractivity contribution in [2.45, 2.75) is 38.3 Å². The second-order valence-corrected chi connectivity index (χ2v) is 5.21. The number of aromatic nitrogens is 1. The summed E-state index contributed by atoms with van der Waals surface area (Å²) in [6, 6.07) is 8.46. The quantitative estimate of drug-likeness (QED) is 0.897. The minimum Gasteiger partial charge on any atom is -0.439 e. The van der Waals surface area contributed by atoms with E-state index in [-0.39, 0.29) is 6.61 Å². The summed E-state index contributed by atoms with van der Waals surface area (Å²) < 4.78 is 5.78. The fourth-order valence-electron chi connectivity index (χ4n) is 2.92. The van der Waals surface area contributed by atoms with Crippen molar-refractivity contribution >= 4 is 11.1 Å². The molecule has 1 aromatic carbocycles. The van der Waals surface area contributed by atoms with Gasteiger partial charge in [-0.2, -0.15) is 0 Å². The summed E-state index contributed by atoms with van der Waals surface area (Å²) in [5, 5.41) is 8.95. The highest BCUT2D eigenvalue weighted by atomic mass is 16.3. The molecule has 1 aliphatic heterocycles. The standard InChI is InChI=1S/C15H20N2O2/c18-10-4-6-12-5-3-9-17(12)11-15-16-13-7-1-2-8-14(13)19-15/h1-2,7-8,12,18H,3-6,9-11H2. The summed E-state index contributed by atoms with van der Waals surface area (Å²) in [6.07, 6.45) is 4.40. The van der Waals surface area contributed by atoms with Gasteiger partial charge in [-0.25, -0.2) is 4.98 Å². The number of benzene rings is 1. The number of hydrogen-bond donors (Lipinski definition) is 1. The lowest BCUT2D eigenvalue weighted by molar-refractivity contribution is 0.196. The first kappa shape index (κ1) is 12.6. The number of nitrogens with zero attached hydrogens (tertiary/aromatic N) is 2. The third-order valence-corrected chi connectivity index (χ3v) is 3.87. The van der Waals surface area contributed by atoms with Crippen molar-refractivity contribution in [1.29, 1.82) is 0 Å². The van der Waals surface area contributed by atoms with Gasteiger partial charge in [0.1, 0.15) is 5.52 Å². The van der Waals surface area contributed by atoms with Gasteiger partial charge in [0.05, 0.1) is 6.54 Å². The minimum absolute atomic E-state index is 0.285. The fourth-order valence-corrected chi connectivity index (χ4v) is 2.92. The molecule has 4 heteroatoms. The van der Waals surface area contributed by atoms with E-state index in [1.54, 1.807) is 0 Å². The molecule has 1 unspecified atom stereocenters. The van der Waals surface area contributed by atoms with Crippen LogP contribution in [-0.4, -0.2) is 34.2 Å². The van der Waals surface area contributed by atoms with Crippen LogP contribution in [0, 0.1) is 0 Å². The molecule has 4 nitrogen and oxygen atoms in total. The Bertz CT molecular complexity index is 505. The molecule has 0 amide bonds. The van der Waals surface area contributed by atoms with E-state index in [1.165, 1.54) is 12.8 Å². The number of aliphatic hydroxyl groups excluding tert-OH is 1. The van der Waals surface area contributed by atoms with Gasteiger partial charge in [0.25, 0.3) is 0 Å². The van der Waals surface area contributed by atoms with E-state index in [4.69, 9.17) is 9.52 Å². The Morgan fingerprint density at radius 3 is 3.11 bits per heavy atom. The highest BCUT2D eigenvalue weighted by Gasteiger charge is 2.25. The number of aliphatic hydroxyl groups is 1. The van der Waals surface area contributed by atoms with Crippen molar-refractivity contribution in [1.82, 2.24) is 9.88 Å². The van der Waals surface area contributed by atoms with Crippen LogP contribution in [0.3, 0.4) is 0 Å². The monoisotopic (exact) mass is 260 g/mol. The lowest BCUT2D eigenvalue weighted by Crippen LogP contribution is -2.29. The number of oxazole rings is 1. The van der Waals surface area contributed by atoms with E-state index in [2.05, 4.69) is 9.88 Å². The molecule has 19 heavy (non-hydrogen) atoms. The average molecular weight is 260 g/mol. The maximum absolute atomic E-state index is 8.95. The molecule has 2 aromatic rings. The van der Waals surface area contributed by atoms with Crippen LogP contribution < -0.4 is 0 Å². The Morgan fingerprint density at radius 1 is 1.37 bits per heavy atom. The number of hydrogen-bond acceptors (Lipinski definition) is 4. The van der Waals surface area contributed by atoms with E-state index in [0.29, 0.717) is 6.04 Å². The molecule has 0 aliphatic carbocycles. The highest BCUT2D eigenvalue weighted by molar-refractivity contribution is 5.72. The van der Waals surface area contributed by atoms with Crippen LogP contribution >= 0.6 is 0 Å². The van der Waals surface area contributed by atoms with Crippen LogP contribution in [0.2, 0.25) is 0 Å². The normalized spacial score (nSPS) is 20.4. The molecule has 1 N–H and O–H groups in total. The minimum atomic E-state index is 0.285. The second-order valence-electron chi connectivity index (χ2n) is 5.21. The molecular weight excluding hydrogens is 240 g/mol. The van der Waals surface area contributed by atoms with Gasteiger partial charge in [-0.3, -0.25) is 4.90 Å². The molecular formula is C15H20N2O2. The summed E-state index contributed by atoms with van der Waals surface area (Å²) in [7, 11) is 0.